The van der Waals surface area contributed by atoms with Crippen molar-refractivity contribution in [2.45, 2.75) is 70.6 Å². The number of phenolic OH excluding ortho intramolecular Hbond substituents is 6. The van der Waals surface area contributed by atoms with Gasteiger partial charge < -0.3 is 86.8 Å². The molecule has 3 aromatic heterocycles. The van der Waals surface area contributed by atoms with Crippen LogP contribution >= 0.6 is 77.0 Å². The van der Waals surface area contributed by atoms with Gasteiger partial charge in [0.05, 0.1) is 60.8 Å². The van der Waals surface area contributed by atoms with Crippen molar-refractivity contribution >= 4 is 174 Å². The highest BCUT2D eigenvalue weighted by Crippen LogP contribution is 2.44. The fourth-order valence-electron chi connectivity index (χ4n) is 11.4. The fourth-order valence-corrected chi connectivity index (χ4v) is 14.4. The number of primary amides is 3. The number of anilines is 2. The highest BCUT2D eigenvalue weighted by molar-refractivity contribution is 14.1. The number of aryl methyl sites for hydroxylation is 3. The first kappa shape index (κ1) is 80.8. The maximum atomic E-state index is 13.7. The number of nitrogens with two attached hydrogens (primary N) is 5. The van der Waals surface area contributed by atoms with Gasteiger partial charge in [-0.15, -0.1) is 0 Å². The number of phenols is 6. The first-order chi connectivity index (χ1) is 52.5. The van der Waals surface area contributed by atoms with Crippen LogP contribution in [0.4, 0.5) is 11.4 Å². The zero-order valence-electron chi connectivity index (χ0n) is 57.6. The summed E-state index contributed by atoms with van der Waals surface area (Å²) < 4.78 is 35.7. The lowest BCUT2D eigenvalue weighted by molar-refractivity contribution is -0.119. The second-order valence-electron chi connectivity index (χ2n) is 24.7. The predicted molar refractivity (Wildman–Crippen MR) is 428 cm³/mol. The van der Waals surface area contributed by atoms with Crippen molar-refractivity contribution in [1.29, 1.82) is 0 Å². The van der Waals surface area contributed by atoms with E-state index in [-0.39, 0.29) is 150 Å². The van der Waals surface area contributed by atoms with Crippen LogP contribution in [0.25, 0.3) is 32.9 Å². The Labute approximate surface area is 668 Å². The summed E-state index contributed by atoms with van der Waals surface area (Å²) in [5.41, 5.74) is 29.9. The first-order valence-corrected chi connectivity index (χ1v) is 37.1. The van der Waals surface area contributed by atoms with Crippen molar-refractivity contribution in [2.75, 3.05) is 11.5 Å². The third-order valence-corrected chi connectivity index (χ3v) is 19.7. The SMILES string of the molecule is NC(=O)CCCCc1oc2cc(OC(=O)c3ccccc3)c(O)cc2c1C(=O)c1cc(Br)c(O)c(Br)c1.NC(=O)CCCCc1oc2cc(OC(=O)c3ccccc3)c(O)cc2c1C(=O)c1cc(I)c(O)c(I)c1.NC(=O)CCCc1oc2cc(OC(=O)c3ccccc3)c(O)cc2c1C(=O)c1cc(N)c(O)c(N)c1. The van der Waals surface area contributed by atoms with E-state index in [1.54, 1.807) is 103 Å². The molecule has 0 spiro atoms. The molecule has 0 saturated carbocycles. The van der Waals surface area contributed by atoms with Crippen molar-refractivity contribution in [2.24, 2.45) is 17.2 Å². The summed E-state index contributed by atoms with van der Waals surface area (Å²) in [7, 11) is 0. The Hall–Kier alpha value is -11.8. The number of nitrogen functional groups attached to an aromatic ring is 2. The Morgan fingerprint density at radius 1 is 0.355 bits per heavy atom. The number of carbonyl (C=O) groups excluding carboxylic acids is 9. The third kappa shape index (κ3) is 19.4. The van der Waals surface area contributed by atoms with Crippen molar-refractivity contribution < 1.29 is 101 Å². The minimum atomic E-state index is -0.690. The average Bonchev–Trinajstić information content (AvgIpc) is 1.62. The van der Waals surface area contributed by atoms with Gasteiger partial charge in [0.1, 0.15) is 45.5 Å². The van der Waals surface area contributed by atoms with Crippen LogP contribution in [0, 0.1) is 7.14 Å². The Balaban J connectivity index is 0.000000176. The quantitative estimate of drug-likeness (QED) is 0.00456. The molecule has 16 N–H and O–H groups in total. The Kier molecular flexibility index (Phi) is 26.4. The minimum absolute atomic E-state index is 0.0530. The number of hydrogen-bond donors (Lipinski definition) is 11. The number of aromatic hydroxyl groups is 6. The Morgan fingerprint density at radius 3 is 0.964 bits per heavy atom. The molecule has 0 aliphatic carbocycles. The number of hydrogen-bond acceptors (Lipinski definition) is 23. The van der Waals surface area contributed by atoms with Crippen LogP contribution in [-0.2, 0) is 33.6 Å². The zero-order valence-corrected chi connectivity index (χ0v) is 65.1. The lowest BCUT2D eigenvalue weighted by Gasteiger charge is -2.08. The van der Waals surface area contributed by atoms with Gasteiger partial charge in [0.15, 0.2) is 57.6 Å². The largest absolute Gasteiger partial charge is 0.506 e. The number of halogens is 4. The average molecular weight is 1850 g/mol. The van der Waals surface area contributed by atoms with Gasteiger partial charge in [0.2, 0.25) is 17.7 Å². The van der Waals surface area contributed by atoms with E-state index in [9.17, 15) is 73.8 Å². The van der Waals surface area contributed by atoms with Crippen LogP contribution in [-0.4, -0.2) is 83.6 Å². The van der Waals surface area contributed by atoms with E-state index in [4.69, 9.17) is 56.1 Å². The number of ketones is 3. The van der Waals surface area contributed by atoms with Gasteiger partial charge in [0.25, 0.3) is 0 Å². The standard InChI is InChI=1S/C27H21Br2NO7.C27H21I2NO7.C26H23N3O7/c2*28-17-10-15(11-18(29)26(17)34)25(33)24-16-12-19(31)22(37-27(35)14-6-2-1-3-7-14)13-21(16)36-20(24)8-4-5-9-23(30)32;27-16-9-14(10-17(28)25(16)33)24(32)23-15-11-18(30)21(36-26(34)13-5-2-1-3-6-13)12-20(15)35-19(23)7-4-8-22(29)31/h2*1-3,6-7,10-13,31,34H,4-5,8-9H2,(H2,30,32);1-3,5-6,9-12,30,33H,4,7-8,27-28H2,(H2,29,31). The molecule has 0 saturated heterocycles. The van der Waals surface area contributed by atoms with Gasteiger partial charge in [-0.1, -0.05) is 54.6 Å². The summed E-state index contributed by atoms with van der Waals surface area (Å²) in [4.78, 5) is 112. The van der Waals surface area contributed by atoms with Crippen LogP contribution < -0.4 is 42.9 Å². The van der Waals surface area contributed by atoms with Crippen molar-refractivity contribution in [3.8, 4) is 51.7 Å². The molecule has 0 atom stereocenters. The van der Waals surface area contributed by atoms with E-state index >= 15 is 0 Å². The van der Waals surface area contributed by atoms with Crippen molar-refractivity contribution in [3.63, 3.8) is 0 Å². The topological polar surface area (TPSA) is 472 Å². The number of ether oxygens (including phenoxy) is 3. The molecule has 26 nitrogen and oxygen atoms in total. The number of unbranched alkanes of at least 4 members (excludes halogenated alkanes) is 2. The molecular weight excluding hydrogens is 1780 g/mol. The van der Waals surface area contributed by atoms with E-state index < -0.39 is 52.9 Å². The molecule has 0 radical (unpaired) electrons. The molecule has 9 aromatic carbocycles. The summed E-state index contributed by atoms with van der Waals surface area (Å²) in [6, 6.07) is 41.5. The number of benzene rings is 9. The number of fused-ring (bicyclic) bond motifs is 3. The summed E-state index contributed by atoms with van der Waals surface area (Å²) in [5.74, 6) is -5.47. The molecule has 564 valence electrons. The molecule has 110 heavy (non-hydrogen) atoms. The van der Waals surface area contributed by atoms with Crippen LogP contribution in [0.15, 0.2) is 186 Å². The number of furan rings is 3. The summed E-state index contributed by atoms with van der Waals surface area (Å²) >= 11 is 10.4. The van der Waals surface area contributed by atoms with Crippen molar-refractivity contribution in [3.05, 3.63) is 247 Å². The molecule has 0 bridgehead atoms. The van der Waals surface area contributed by atoms with Crippen molar-refractivity contribution in [1.82, 2.24) is 0 Å². The number of esters is 3. The highest BCUT2D eigenvalue weighted by Gasteiger charge is 2.30. The molecule has 0 aliphatic rings. The molecule has 0 unspecified atom stereocenters. The molecule has 3 amide bonds. The molecule has 0 fully saturated rings. The number of carbonyl (C=O) groups is 9. The second-order valence-corrected chi connectivity index (χ2v) is 28.7. The molecule has 12 aromatic rings. The molecule has 12 rings (SSSR count). The monoisotopic (exact) mass is 1840 g/mol. The van der Waals surface area contributed by atoms with E-state index in [2.05, 4.69) is 31.9 Å². The summed E-state index contributed by atoms with van der Waals surface area (Å²) in [6.07, 6.45) is 3.69. The number of rotatable bonds is 26. The van der Waals surface area contributed by atoms with Gasteiger partial charge in [-0.2, -0.15) is 0 Å². The maximum absolute atomic E-state index is 13.7. The van der Waals surface area contributed by atoms with Crippen LogP contribution in [0.1, 0.15) is 147 Å². The van der Waals surface area contributed by atoms with Crippen LogP contribution in [0.2, 0.25) is 0 Å². The lowest BCUT2D eigenvalue weighted by Crippen LogP contribution is -2.11. The maximum Gasteiger partial charge on any atom is 0.343 e. The summed E-state index contributed by atoms with van der Waals surface area (Å²) in [5, 5.41) is 62.9. The van der Waals surface area contributed by atoms with Crippen LogP contribution in [0.5, 0.6) is 51.7 Å². The minimum Gasteiger partial charge on any atom is -0.506 e. The van der Waals surface area contributed by atoms with E-state index in [0.29, 0.717) is 100 Å². The number of amides is 3. The van der Waals surface area contributed by atoms with Gasteiger partial charge >= 0.3 is 17.9 Å². The van der Waals surface area contributed by atoms with Gasteiger partial charge in [-0.05, 0) is 200 Å². The van der Waals surface area contributed by atoms with Gasteiger partial charge in [-0.3, -0.25) is 28.8 Å². The second kappa shape index (κ2) is 36.0. The van der Waals surface area contributed by atoms with Gasteiger partial charge in [0, 0.05) is 89.6 Å². The fraction of sp³-hybridized carbons (Fsp3) is 0.138. The zero-order chi connectivity index (χ0) is 79.4. The van der Waals surface area contributed by atoms with E-state index in [1.807, 2.05) is 45.2 Å². The van der Waals surface area contributed by atoms with Gasteiger partial charge in [-0.25, -0.2) is 14.4 Å². The summed E-state index contributed by atoms with van der Waals surface area (Å²) in [6.45, 7) is 0. The highest BCUT2D eigenvalue weighted by atomic mass is 127. The van der Waals surface area contributed by atoms with E-state index in [0.717, 1.165) is 0 Å². The molecular formula is C80H65Br2I2N5O21. The van der Waals surface area contributed by atoms with Crippen LogP contribution in [0.3, 0.4) is 0 Å². The predicted octanol–water partition coefficient (Wildman–Crippen LogP) is 15.0. The lowest BCUT2D eigenvalue weighted by atomic mass is 9.97. The molecule has 3 heterocycles. The Morgan fingerprint density at radius 2 is 0.645 bits per heavy atom. The normalized spacial score (nSPS) is 10.9. The third-order valence-electron chi connectivity index (χ3n) is 16.8. The first-order valence-electron chi connectivity index (χ1n) is 33.4. The van der Waals surface area contributed by atoms with E-state index in [1.165, 1.54) is 60.7 Å². The molecule has 0 aliphatic heterocycles. The Bertz CT molecular complexity index is 5310. The molecule has 30 heteroatoms. The smallest absolute Gasteiger partial charge is 0.343 e.